The van der Waals surface area contributed by atoms with Crippen molar-refractivity contribution in [2.24, 2.45) is 5.73 Å². The van der Waals surface area contributed by atoms with Crippen LogP contribution in [0.5, 0.6) is 0 Å². The van der Waals surface area contributed by atoms with Crippen molar-refractivity contribution in [2.75, 3.05) is 6.54 Å². The third-order valence-corrected chi connectivity index (χ3v) is 2.44. The fraction of sp³-hybridized carbons (Fsp3) is 0.385. The molecule has 0 aliphatic rings. The van der Waals surface area contributed by atoms with Crippen LogP contribution in [-0.2, 0) is 0 Å². The molecule has 1 aromatic carbocycles. The fourth-order valence-corrected chi connectivity index (χ4v) is 1.50. The number of benzene rings is 1. The highest BCUT2D eigenvalue weighted by Gasteiger charge is 2.12. The molecule has 1 unspecified atom stereocenters. The molecule has 18 heavy (non-hydrogen) atoms. The molecule has 0 radical (unpaired) electrons. The van der Waals surface area contributed by atoms with Gasteiger partial charge in [0.25, 0.3) is 5.91 Å². The number of carbonyl (C=O) groups is 2. The van der Waals surface area contributed by atoms with E-state index in [1.54, 1.807) is 24.3 Å². The van der Waals surface area contributed by atoms with Crippen LogP contribution in [-0.4, -0.2) is 24.3 Å². The number of Topliss-reactive ketones (excluding diaryl/α,β-unsaturated/α-hetero) is 1. The van der Waals surface area contributed by atoms with Gasteiger partial charge in [-0.05, 0) is 26.3 Å². The first kappa shape index (κ1) is 16.6. The molecular formula is C13H19ClN2O2. The average molecular weight is 271 g/mol. The van der Waals surface area contributed by atoms with E-state index >= 15 is 0 Å². The summed E-state index contributed by atoms with van der Waals surface area (Å²) in [5.74, 6) is -0.334. The Balaban J connectivity index is 0.00000289. The molecule has 0 saturated carbocycles. The zero-order chi connectivity index (χ0) is 12.8. The first-order chi connectivity index (χ1) is 8.02. The van der Waals surface area contributed by atoms with Crippen LogP contribution < -0.4 is 11.1 Å². The molecule has 1 aromatic rings. The van der Waals surface area contributed by atoms with E-state index in [1.807, 2.05) is 6.92 Å². The molecule has 0 aliphatic carbocycles. The number of hydrogen-bond donors (Lipinski definition) is 2. The summed E-state index contributed by atoms with van der Waals surface area (Å²) in [4.78, 5) is 23.2. The maximum Gasteiger partial charge on any atom is 0.252 e. The lowest BCUT2D eigenvalue weighted by Crippen LogP contribution is -2.29. The van der Waals surface area contributed by atoms with Crippen molar-refractivity contribution in [1.82, 2.24) is 5.32 Å². The van der Waals surface area contributed by atoms with E-state index in [0.29, 0.717) is 24.1 Å². The Bertz CT molecular complexity index is 419. The number of nitrogens with two attached hydrogens (primary N) is 1. The topological polar surface area (TPSA) is 72.2 Å². The number of carbonyl (C=O) groups excluding carboxylic acids is 2. The van der Waals surface area contributed by atoms with Gasteiger partial charge in [0.05, 0.1) is 5.56 Å². The molecule has 4 nitrogen and oxygen atoms in total. The highest BCUT2D eigenvalue weighted by atomic mass is 35.5. The Hall–Kier alpha value is -1.39. The number of halogens is 1. The van der Waals surface area contributed by atoms with Crippen LogP contribution >= 0.6 is 12.4 Å². The van der Waals surface area contributed by atoms with Crippen molar-refractivity contribution < 1.29 is 9.59 Å². The molecule has 1 atom stereocenters. The second-order valence-corrected chi connectivity index (χ2v) is 4.12. The van der Waals surface area contributed by atoms with E-state index < -0.39 is 0 Å². The summed E-state index contributed by atoms with van der Waals surface area (Å²) in [5.41, 5.74) is 6.46. The summed E-state index contributed by atoms with van der Waals surface area (Å²) < 4.78 is 0. The lowest BCUT2D eigenvalue weighted by atomic mass is 10.0. The maximum atomic E-state index is 11.8. The molecule has 100 valence electrons. The largest absolute Gasteiger partial charge is 0.352 e. The number of amides is 1. The fourth-order valence-electron chi connectivity index (χ4n) is 1.50. The Labute approximate surface area is 113 Å². The molecule has 1 rings (SSSR count). The van der Waals surface area contributed by atoms with Crippen molar-refractivity contribution in [2.45, 2.75) is 26.3 Å². The van der Waals surface area contributed by atoms with Crippen LogP contribution in [0.15, 0.2) is 24.3 Å². The lowest BCUT2D eigenvalue weighted by molar-refractivity contribution is 0.0938. The Morgan fingerprint density at radius 2 is 1.83 bits per heavy atom. The van der Waals surface area contributed by atoms with Gasteiger partial charge in [-0.25, -0.2) is 0 Å². The second-order valence-electron chi connectivity index (χ2n) is 4.12. The van der Waals surface area contributed by atoms with Gasteiger partial charge in [-0.1, -0.05) is 18.2 Å². The number of ketones is 1. The minimum absolute atomic E-state index is 0. The highest BCUT2D eigenvalue weighted by Crippen LogP contribution is 2.09. The van der Waals surface area contributed by atoms with E-state index in [-0.39, 0.29) is 30.1 Å². The number of hydrogen-bond acceptors (Lipinski definition) is 3. The molecule has 0 fully saturated rings. The second kappa shape index (κ2) is 7.84. The van der Waals surface area contributed by atoms with E-state index in [2.05, 4.69) is 5.32 Å². The van der Waals surface area contributed by atoms with Gasteiger partial charge in [-0.15, -0.1) is 12.4 Å². The minimum Gasteiger partial charge on any atom is -0.352 e. The molecule has 0 aliphatic heterocycles. The summed E-state index contributed by atoms with van der Waals surface area (Å²) in [6.45, 7) is 3.85. The molecule has 0 heterocycles. The van der Waals surface area contributed by atoms with Crippen LogP contribution in [0.2, 0.25) is 0 Å². The minimum atomic E-state index is -0.226. The summed E-state index contributed by atoms with van der Waals surface area (Å²) >= 11 is 0. The van der Waals surface area contributed by atoms with Crippen LogP contribution in [0.3, 0.4) is 0 Å². The summed E-state index contributed by atoms with van der Waals surface area (Å²) in [7, 11) is 0. The van der Waals surface area contributed by atoms with Gasteiger partial charge in [0.15, 0.2) is 5.78 Å². The third-order valence-electron chi connectivity index (χ3n) is 2.44. The predicted octanol–water partition coefficient (Wildman–Crippen LogP) is 1.78. The number of rotatable bonds is 5. The van der Waals surface area contributed by atoms with Crippen molar-refractivity contribution in [1.29, 1.82) is 0 Å². The number of nitrogens with one attached hydrogen (secondary N) is 1. The SMILES string of the molecule is CC(=O)c1ccccc1C(=O)NCCC(C)N.Cl. The maximum absolute atomic E-state index is 11.8. The van der Waals surface area contributed by atoms with E-state index in [4.69, 9.17) is 5.73 Å². The van der Waals surface area contributed by atoms with E-state index in [1.165, 1.54) is 6.92 Å². The monoisotopic (exact) mass is 270 g/mol. The van der Waals surface area contributed by atoms with Gasteiger partial charge >= 0.3 is 0 Å². The molecule has 0 saturated heterocycles. The normalized spacial score (nSPS) is 11.3. The van der Waals surface area contributed by atoms with Gasteiger partial charge in [0.2, 0.25) is 0 Å². The highest BCUT2D eigenvalue weighted by molar-refractivity contribution is 6.07. The van der Waals surface area contributed by atoms with Crippen LogP contribution in [0.4, 0.5) is 0 Å². The average Bonchev–Trinajstić information content (AvgIpc) is 2.28. The molecule has 0 aromatic heterocycles. The predicted molar refractivity (Wildman–Crippen MR) is 74.3 cm³/mol. The van der Waals surface area contributed by atoms with E-state index in [9.17, 15) is 9.59 Å². The van der Waals surface area contributed by atoms with E-state index in [0.717, 1.165) is 0 Å². The van der Waals surface area contributed by atoms with Crippen molar-refractivity contribution in [3.05, 3.63) is 35.4 Å². The Morgan fingerprint density at radius 3 is 2.33 bits per heavy atom. The summed E-state index contributed by atoms with van der Waals surface area (Å²) in [6.07, 6.45) is 0.716. The first-order valence-electron chi connectivity index (χ1n) is 5.66. The van der Waals surface area contributed by atoms with Gasteiger partial charge in [0.1, 0.15) is 0 Å². The van der Waals surface area contributed by atoms with Crippen LogP contribution in [0, 0.1) is 0 Å². The van der Waals surface area contributed by atoms with Gasteiger partial charge in [0, 0.05) is 18.2 Å². The Kier molecular flexibility index (Phi) is 7.24. The van der Waals surface area contributed by atoms with Crippen molar-refractivity contribution in [3.63, 3.8) is 0 Å². The molecular weight excluding hydrogens is 252 g/mol. The zero-order valence-corrected chi connectivity index (χ0v) is 11.4. The summed E-state index contributed by atoms with van der Waals surface area (Å²) in [5, 5.41) is 2.75. The first-order valence-corrected chi connectivity index (χ1v) is 5.66. The molecule has 1 amide bonds. The van der Waals surface area contributed by atoms with Gasteiger partial charge in [-0.3, -0.25) is 9.59 Å². The Morgan fingerprint density at radius 1 is 1.28 bits per heavy atom. The third kappa shape index (κ3) is 4.85. The molecule has 0 spiro atoms. The molecule has 0 bridgehead atoms. The molecule has 5 heteroatoms. The molecule has 3 N–H and O–H groups in total. The van der Waals surface area contributed by atoms with Crippen LogP contribution in [0.25, 0.3) is 0 Å². The van der Waals surface area contributed by atoms with Gasteiger partial charge < -0.3 is 11.1 Å². The van der Waals surface area contributed by atoms with Crippen molar-refractivity contribution in [3.8, 4) is 0 Å². The van der Waals surface area contributed by atoms with Gasteiger partial charge in [-0.2, -0.15) is 0 Å². The standard InChI is InChI=1S/C13H18N2O2.ClH/c1-9(14)7-8-15-13(17)12-6-4-3-5-11(12)10(2)16;/h3-6,9H,7-8,14H2,1-2H3,(H,15,17);1H. The smallest absolute Gasteiger partial charge is 0.252 e. The van der Waals surface area contributed by atoms with Crippen LogP contribution in [0.1, 0.15) is 41.0 Å². The van der Waals surface area contributed by atoms with Crippen molar-refractivity contribution >= 4 is 24.1 Å². The quantitative estimate of drug-likeness (QED) is 0.801. The lowest BCUT2D eigenvalue weighted by Gasteiger charge is -2.09. The zero-order valence-electron chi connectivity index (χ0n) is 10.6. The summed E-state index contributed by atoms with van der Waals surface area (Å²) in [6, 6.07) is 6.85.